The van der Waals surface area contributed by atoms with Crippen LogP contribution in [0, 0.1) is 0 Å². The van der Waals surface area contributed by atoms with Gasteiger partial charge in [0.05, 0.1) is 22.7 Å². The van der Waals surface area contributed by atoms with Gasteiger partial charge in [-0.2, -0.15) is 13.2 Å². The van der Waals surface area contributed by atoms with E-state index < -0.39 is 40.5 Å². The molecular weight excluding hydrogens is 313 g/mol. The maximum atomic E-state index is 12.8. The molecule has 0 spiro atoms. The molecule has 1 unspecified atom stereocenters. The molecule has 3 N–H and O–H groups in total. The van der Waals surface area contributed by atoms with Gasteiger partial charge in [-0.3, -0.25) is 9.59 Å². The van der Waals surface area contributed by atoms with E-state index in [-0.39, 0.29) is 12.3 Å². The molecule has 0 aliphatic carbocycles. The molecule has 1 heterocycles. The molecule has 2 rings (SSSR count). The van der Waals surface area contributed by atoms with Crippen LogP contribution in [0.25, 0.3) is 0 Å². The fourth-order valence-electron chi connectivity index (χ4n) is 2.59. The second-order valence-corrected chi connectivity index (χ2v) is 6.03. The number of hydrogen-bond donors (Lipinski definition) is 3. The molecule has 1 aliphatic heterocycles. The van der Waals surface area contributed by atoms with E-state index in [4.69, 9.17) is 0 Å². The molecule has 1 aliphatic rings. The van der Waals surface area contributed by atoms with Crippen LogP contribution in [0.3, 0.4) is 0 Å². The lowest BCUT2D eigenvalue weighted by atomic mass is 9.86. The maximum absolute atomic E-state index is 12.8. The SMILES string of the molecule is CC1(C)NC(=O)CCC1NC(=O)c1cccc(C(F)(F)F)c1O. The number of rotatable bonds is 2. The zero-order valence-corrected chi connectivity index (χ0v) is 12.6. The first-order valence-corrected chi connectivity index (χ1v) is 7.03. The van der Waals surface area contributed by atoms with Crippen LogP contribution in [0.2, 0.25) is 0 Å². The molecule has 0 bridgehead atoms. The monoisotopic (exact) mass is 330 g/mol. The van der Waals surface area contributed by atoms with E-state index in [0.717, 1.165) is 12.1 Å². The first-order chi connectivity index (χ1) is 10.5. The van der Waals surface area contributed by atoms with Crippen LogP contribution in [0.15, 0.2) is 18.2 Å². The van der Waals surface area contributed by atoms with Crippen LogP contribution in [0.5, 0.6) is 5.75 Å². The van der Waals surface area contributed by atoms with E-state index in [1.807, 2.05) is 0 Å². The number of nitrogens with one attached hydrogen (secondary N) is 2. The van der Waals surface area contributed by atoms with Crippen LogP contribution in [-0.4, -0.2) is 28.5 Å². The number of halogens is 3. The number of phenols is 1. The van der Waals surface area contributed by atoms with Crippen molar-refractivity contribution in [1.82, 2.24) is 10.6 Å². The predicted molar refractivity (Wildman–Crippen MR) is 75.8 cm³/mol. The highest BCUT2D eigenvalue weighted by Gasteiger charge is 2.38. The number of benzene rings is 1. The Balaban J connectivity index is 2.23. The fraction of sp³-hybridized carbons (Fsp3) is 0.467. The number of carbonyl (C=O) groups is 2. The number of hydrogen-bond acceptors (Lipinski definition) is 3. The van der Waals surface area contributed by atoms with Gasteiger partial charge >= 0.3 is 6.18 Å². The summed E-state index contributed by atoms with van der Waals surface area (Å²) in [5.41, 5.74) is -2.45. The molecule has 0 saturated carbocycles. The quantitative estimate of drug-likeness (QED) is 0.778. The standard InChI is InChI=1S/C15H17F3N2O3/c1-14(2)10(6-7-11(21)20-14)19-13(23)8-4-3-5-9(12(8)22)15(16,17)18/h3-5,10,22H,6-7H2,1-2H3,(H,19,23)(H,20,21). The van der Waals surface area contributed by atoms with Crippen molar-refractivity contribution in [2.75, 3.05) is 0 Å². The molecule has 126 valence electrons. The Morgan fingerprint density at radius 1 is 1.39 bits per heavy atom. The van der Waals surface area contributed by atoms with Gasteiger partial charge in [-0.25, -0.2) is 0 Å². The van der Waals surface area contributed by atoms with Crippen LogP contribution >= 0.6 is 0 Å². The fourth-order valence-corrected chi connectivity index (χ4v) is 2.59. The average molecular weight is 330 g/mol. The first-order valence-electron chi connectivity index (χ1n) is 7.03. The largest absolute Gasteiger partial charge is 0.506 e. The van der Waals surface area contributed by atoms with Crippen LogP contribution in [0.1, 0.15) is 42.6 Å². The number of piperidine rings is 1. The van der Waals surface area contributed by atoms with Crippen LogP contribution in [-0.2, 0) is 11.0 Å². The van der Waals surface area contributed by atoms with Gasteiger partial charge in [0.2, 0.25) is 5.91 Å². The molecule has 5 nitrogen and oxygen atoms in total. The molecule has 1 aromatic rings. The summed E-state index contributed by atoms with van der Waals surface area (Å²) in [4.78, 5) is 23.6. The third-order valence-electron chi connectivity index (χ3n) is 3.88. The van der Waals surface area contributed by atoms with Crippen molar-refractivity contribution in [2.45, 2.75) is 44.4 Å². The third-order valence-corrected chi connectivity index (χ3v) is 3.88. The van der Waals surface area contributed by atoms with Crippen molar-refractivity contribution in [1.29, 1.82) is 0 Å². The topological polar surface area (TPSA) is 78.4 Å². The van der Waals surface area contributed by atoms with Gasteiger partial charge in [0.25, 0.3) is 5.91 Å². The van der Waals surface area contributed by atoms with Gasteiger partial charge in [-0.15, -0.1) is 0 Å². The second-order valence-electron chi connectivity index (χ2n) is 6.03. The van der Waals surface area contributed by atoms with Crippen molar-refractivity contribution >= 4 is 11.8 Å². The summed E-state index contributed by atoms with van der Waals surface area (Å²) in [6.45, 7) is 3.42. The lowest BCUT2D eigenvalue weighted by molar-refractivity contribution is -0.138. The molecule has 0 aromatic heterocycles. The van der Waals surface area contributed by atoms with E-state index in [1.54, 1.807) is 13.8 Å². The first kappa shape index (κ1) is 17.1. The minimum Gasteiger partial charge on any atom is -0.506 e. The minimum atomic E-state index is -4.75. The molecular formula is C15H17F3N2O3. The highest BCUT2D eigenvalue weighted by molar-refractivity contribution is 5.97. The van der Waals surface area contributed by atoms with E-state index in [1.165, 1.54) is 0 Å². The van der Waals surface area contributed by atoms with Crippen molar-refractivity contribution in [3.8, 4) is 5.75 Å². The molecule has 1 atom stereocenters. The van der Waals surface area contributed by atoms with E-state index in [2.05, 4.69) is 10.6 Å². The summed E-state index contributed by atoms with van der Waals surface area (Å²) in [5.74, 6) is -2.07. The van der Waals surface area contributed by atoms with E-state index in [0.29, 0.717) is 12.5 Å². The normalized spacial score (nSPS) is 20.7. The Morgan fingerprint density at radius 2 is 2.04 bits per heavy atom. The summed E-state index contributed by atoms with van der Waals surface area (Å²) < 4.78 is 38.3. The zero-order chi connectivity index (χ0) is 17.4. The van der Waals surface area contributed by atoms with Gasteiger partial charge in [0.15, 0.2) is 0 Å². The Labute approximate surface area is 130 Å². The van der Waals surface area contributed by atoms with Crippen LogP contribution in [0.4, 0.5) is 13.2 Å². The summed E-state index contributed by atoms with van der Waals surface area (Å²) >= 11 is 0. The number of para-hydroxylation sites is 1. The van der Waals surface area contributed by atoms with Crippen molar-refractivity contribution < 1.29 is 27.9 Å². The summed E-state index contributed by atoms with van der Waals surface area (Å²) in [6, 6.07) is 2.43. The molecule has 0 radical (unpaired) electrons. The number of aromatic hydroxyl groups is 1. The van der Waals surface area contributed by atoms with Crippen molar-refractivity contribution in [3.63, 3.8) is 0 Å². The highest BCUT2D eigenvalue weighted by Crippen LogP contribution is 2.37. The minimum absolute atomic E-state index is 0.151. The highest BCUT2D eigenvalue weighted by atomic mass is 19.4. The maximum Gasteiger partial charge on any atom is 0.419 e. The smallest absolute Gasteiger partial charge is 0.419 e. The Hall–Kier alpha value is -2.25. The summed E-state index contributed by atoms with van der Waals surface area (Å²) in [5, 5.41) is 15.0. The van der Waals surface area contributed by atoms with Gasteiger partial charge in [-0.05, 0) is 32.4 Å². The van der Waals surface area contributed by atoms with Crippen LogP contribution < -0.4 is 10.6 Å². The molecule has 23 heavy (non-hydrogen) atoms. The average Bonchev–Trinajstić information content (AvgIpc) is 2.40. The molecule has 1 aromatic carbocycles. The number of alkyl halides is 3. The molecule has 1 fully saturated rings. The molecule has 2 amide bonds. The molecule has 8 heteroatoms. The number of carbonyl (C=O) groups excluding carboxylic acids is 2. The lowest BCUT2D eigenvalue weighted by Gasteiger charge is -2.39. The van der Waals surface area contributed by atoms with Gasteiger partial charge < -0.3 is 15.7 Å². The van der Waals surface area contributed by atoms with Crippen molar-refractivity contribution in [2.24, 2.45) is 0 Å². The Kier molecular flexibility index (Phi) is 4.28. The van der Waals surface area contributed by atoms with Gasteiger partial charge in [-0.1, -0.05) is 6.07 Å². The van der Waals surface area contributed by atoms with E-state index >= 15 is 0 Å². The Morgan fingerprint density at radius 3 is 2.61 bits per heavy atom. The van der Waals surface area contributed by atoms with E-state index in [9.17, 15) is 27.9 Å². The number of phenolic OH excluding ortho intramolecular Hbond substituents is 1. The second kappa shape index (κ2) is 5.75. The zero-order valence-electron chi connectivity index (χ0n) is 12.6. The Bertz CT molecular complexity index is 641. The lowest BCUT2D eigenvalue weighted by Crippen LogP contribution is -2.62. The number of amides is 2. The predicted octanol–water partition coefficient (Wildman–Crippen LogP) is 2.20. The van der Waals surface area contributed by atoms with Gasteiger partial charge in [0.1, 0.15) is 5.75 Å². The summed E-state index contributed by atoms with van der Waals surface area (Å²) in [6.07, 6.45) is -4.17. The third kappa shape index (κ3) is 3.57. The van der Waals surface area contributed by atoms with Crippen molar-refractivity contribution in [3.05, 3.63) is 29.3 Å². The summed E-state index contributed by atoms with van der Waals surface area (Å²) in [7, 11) is 0. The molecule has 1 saturated heterocycles. The van der Waals surface area contributed by atoms with Gasteiger partial charge in [0, 0.05) is 6.42 Å².